The van der Waals surface area contributed by atoms with E-state index in [-0.39, 0.29) is 18.9 Å². The molecule has 4 N–H and O–H groups in total. The van der Waals surface area contributed by atoms with Gasteiger partial charge in [-0.05, 0) is 19.4 Å². The fourth-order valence-electron chi connectivity index (χ4n) is 3.47. The number of anilines is 2. The molecular weight excluding hydrogens is 394 g/mol. The van der Waals surface area contributed by atoms with Crippen molar-refractivity contribution in [3.63, 3.8) is 0 Å². The zero-order valence-corrected chi connectivity index (χ0v) is 16.5. The van der Waals surface area contributed by atoms with Gasteiger partial charge >= 0.3 is 6.03 Å². The number of aliphatic hydroxyl groups is 1. The molecular formula is C20H22F2N6O2. The number of urea groups is 1. The fraction of sp³-hybridized carbons (Fsp3) is 0.350. The van der Waals surface area contributed by atoms with Crippen LogP contribution in [-0.4, -0.2) is 50.9 Å². The number of carbonyl (C=O) groups excluding carboxylic acids is 1. The van der Waals surface area contributed by atoms with Crippen LogP contribution in [0.5, 0.6) is 0 Å². The van der Waals surface area contributed by atoms with Crippen LogP contribution in [0.25, 0.3) is 10.9 Å². The first kappa shape index (κ1) is 20.0. The first-order chi connectivity index (χ1) is 14.1. The Balaban J connectivity index is 1.48. The van der Waals surface area contributed by atoms with Crippen LogP contribution < -0.4 is 15.5 Å². The third kappa shape index (κ3) is 4.04. The molecule has 1 aliphatic heterocycles. The Morgan fingerprint density at radius 3 is 2.63 bits per heavy atom. The number of nitrogens with zero attached hydrogens (tertiary/aromatic N) is 3. The molecule has 0 saturated carbocycles. The lowest BCUT2D eigenvalue weighted by Gasteiger charge is -2.38. The second kappa shape index (κ2) is 7.21. The average Bonchev–Trinajstić information content (AvgIpc) is 3.07. The van der Waals surface area contributed by atoms with Crippen molar-refractivity contribution in [2.45, 2.75) is 31.4 Å². The Labute approximate surface area is 171 Å². The fourth-order valence-corrected chi connectivity index (χ4v) is 3.47. The molecule has 2 aromatic heterocycles. The first-order valence-electron chi connectivity index (χ1n) is 9.44. The summed E-state index contributed by atoms with van der Waals surface area (Å²) in [5.41, 5.74) is 0.119. The van der Waals surface area contributed by atoms with E-state index in [9.17, 15) is 18.7 Å². The lowest BCUT2D eigenvalue weighted by Crippen LogP contribution is -2.56. The van der Waals surface area contributed by atoms with Crippen molar-refractivity contribution >= 4 is 28.6 Å². The summed E-state index contributed by atoms with van der Waals surface area (Å²) in [6.07, 6.45) is 1.48. The van der Waals surface area contributed by atoms with Crippen LogP contribution >= 0.6 is 0 Å². The molecule has 158 valence electrons. The van der Waals surface area contributed by atoms with Crippen molar-refractivity contribution in [3.05, 3.63) is 48.2 Å². The van der Waals surface area contributed by atoms with E-state index in [1.807, 2.05) is 30.3 Å². The molecule has 4 rings (SSSR count). The minimum Gasteiger partial charge on any atom is -0.388 e. The lowest BCUT2D eigenvalue weighted by atomic mass is 9.92. The Morgan fingerprint density at radius 1 is 1.30 bits per heavy atom. The summed E-state index contributed by atoms with van der Waals surface area (Å²) in [6, 6.07) is 9.53. The minimum atomic E-state index is -2.70. The molecule has 1 atom stereocenters. The van der Waals surface area contributed by atoms with Gasteiger partial charge in [0.15, 0.2) is 5.82 Å². The summed E-state index contributed by atoms with van der Waals surface area (Å²) in [5, 5.41) is 23.3. The van der Waals surface area contributed by atoms with E-state index in [2.05, 4.69) is 25.8 Å². The van der Waals surface area contributed by atoms with Gasteiger partial charge in [0.1, 0.15) is 5.82 Å². The molecule has 3 heterocycles. The van der Waals surface area contributed by atoms with Crippen molar-refractivity contribution in [1.29, 1.82) is 0 Å². The van der Waals surface area contributed by atoms with Gasteiger partial charge in [0, 0.05) is 12.3 Å². The SMILES string of the molecule is CC(C)(O)C(NC(=O)Nc1cc2[nH]nc(N3CC(F)(F)C3)c2cn1)c1ccccc1. The molecule has 1 fully saturated rings. The summed E-state index contributed by atoms with van der Waals surface area (Å²) in [7, 11) is 0. The zero-order chi connectivity index (χ0) is 21.5. The number of hydrogen-bond acceptors (Lipinski definition) is 5. The van der Waals surface area contributed by atoms with Gasteiger partial charge in [0.05, 0.1) is 35.6 Å². The smallest absolute Gasteiger partial charge is 0.320 e. The number of aromatic nitrogens is 3. The van der Waals surface area contributed by atoms with Crippen molar-refractivity contribution in [3.8, 4) is 0 Å². The number of H-pyrrole nitrogens is 1. The summed E-state index contributed by atoms with van der Waals surface area (Å²) >= 11 is 0. The van der Waals surface area contributed by atoms with E-state index in [1.165, 1.54) is 11.1 Å². The largest absolute Gasteiger partial charge is 0.388 e. The van der Waals surface area contributed by atoms with Crippen LogP contribution in [-0.2, 0) is 0 Å². The van der Waals surface area contributed by atoms with Crippen molar-refractivity contribution in [1.82, 2.24) is 20.5 Å². The Bertz CT molecular complexity index is 1060. The Hall–Kier alpha value is -3.27. The van der Waals surface area contributed by atoms with E-state index in [0.717, 1.165) is 5.56 Å². The number of aromatic amines is 1. The molecule has 8 nitrogen and oxygen atoms in total. The summed E-state index contributed by atoms with van der Waals surface area (Å²) < 4.78 is 26.3. The van der Waals surface area contributed by atoms with Gasteiger partial charge < -0.3 is 15.3 Å². The molecule has 0 spiro atoms. The summed E-state index contributed by atoms with van der Waals surface area (Å²) in [4.78, 5) is 18.2. The normalized spacial score (nSPS) is 16.8. The van der Waals surface area contributed by atoms with E-state index in [4.69, 9.17) is 0 Å². The molecule has 1 aromatic carbocycles. The Morgan fingerprint density at radius 2 is 2.00 bits per heavy atom. The quantitative estimate of drug-likeness (QED) is 0.512. The monoisotopic (exact) mass is 416 g/mol. The van der Waals surface area contributed by atoms with E-state index < -0.39 is 23.6 Å². The van der Waals surface area contributed by atoms with Crippen LogP contribution in [0.15, 0.2) is 42.6 Å². The number of halogens is 2. The highest BCUT2D eigenvalue weighted by atomic mass is 19.3. The zero-order valence-electron chi connectivity index (χ0n) is 16.5. The molecule has 0 aliphatic carbocycles. The van der Waals surface area contributed by atoms with Gasteiger partial charge in [-0.3, -0.25) is 10.4 Å². The Kier molecular flexibility index (Phi) is 4.81. The van der Waals surface area contributed by atoms with Gasteiger partial charge in [-0.2, -0.15) is 5.10 Å². The maximum Gasteiger partial charge on any atom is 0.320 e. The third-order valence-corrected chi connectivity index (χ3v) is 4.93. The molecule has 1 saturated heterocycles. The number of fused-ring (bicyclic) bond motifs is 1. The highest BCUT2D eigenvalue weighted by molar-refractivity contribution is 5.94. The van der Waals surface area contributed by atoms with Crippen molar-refractivity contribution in [2.75, 3.05) is 23.3 Å². The number of rotatable bonds is 5. The third-order valence-electron chi connectivity index (χ3n) is 4.93. The van der Waals surface area contributed by atoms with E-state index in [0.29, 0.717) is 16.7 Å². The predicted molar refractivity (Wildman–Crippen MR) is 109 cm³/mol. The van der Waals surface area contributed by atoms with Crippen LogP contribution in [0.3, 0.4) is 0 Å². The number of nitrogens with one attached hydrogen (secondary N) is 3. The van der Waals surface area contributed by atoms with Crippen LogP contribution in [0.1, 0.15) is 25.5 Å². The summed E-state index contributed by atoms with van der Waals surface area (Å²) in [6.45, 7) is 2.46. The highest BCUT2D eigenvalue weighted by Gasteiger charge is 2.45. The van der Waals surface area contributed by atoms with Gasteiger partial charge in [-0.15, -0.1) is 0 Å². The van der Waals surface area contributed by atoms with Gasteiger partial charge in [-0.25, -0.2) is 18.6 Å². The highest BCUT2D eigenvalue weighted by Crippen LogP contribution is 2.34. The number of benzene rings is 1. The van der Waals surface area contributed by atoms with Crippen LogP contribution in [0.2, 0.25) is 0 Å². The second-order valence-corrected chi connectivity index (χ2v) is 7.97. The van der Waals surface area contributed by atoms with Crippen molar-refractivity contribution < 1.29 is 18.7 Å². The summed E-state index contributed by atoms with van der Waals surface area (Å²) in [5.74, 6) is -2.04. The molecule has 10 heteroatoms. The molecule has 1 unspecified atom stereocenters. The van der Waals surface area contributed by atoms with E-state index in [1.54, 1.807) is 19.9 Å². The number of carbonyl (C=O) groups is 1. The van der Waals surface area contributed by atoms with Gasteiger partial charge in [0.2, 0.25) is 0 Å². The van der Waals surface area contributed by atoms with Crippen molar-refractivity contribution in [2.24, 2.45) is 0 Å². The molecule has 0 radical (unpaired) electrons. The number of alkyl halides is 2. The lowest BCUT2D eigenvalue weighted by molar-refractivity contribution is -0.0265. The average molecular weight is 416 g/mol. The molecule has 1 aliphatic rings. The molecule has 0 bridgehead atoms. The molecule has 30 heavy (non-hydrogen) atoms. The van der Waals surface area contributed by atoms with Crippen LogP contribution in [0, 0.1) is 0 Å². The standard InChI is InChI=1S/C20H22F2N6O2/c1-19(2,30)16(12-6-4-3-5-7-12)25-18(29)24-15-8-14-13(9-23-15)17(27-26-14)28-10-20(21,22)11-28/h3-9,16,30H,10-11H2,1-2H3,(H,26,27)(H2,23,24,25,29). The molecule has 3 aromatic rings. The van der Waals surface area contributed by atoms with E-state index >= 15 is 0 Å². The first-order valence-corrected chi connectivity index (χ1v) is 9.44. The maximum absolute atomic E-state index is 13.1. The van der Waals surface area contributed by atoms with Gasteiger partial charge in [0.25, 0.3) is 5.92 Å². The number of hydrogen-bond donors (Lipinski definition) is 4. The predicted octanol–water partition coefficient (Wildman–Crippen LogP) is 3.05. The van der Waals surface area contributed by atoms with Crippen LogP contribution in [0.4, 0.5) is 25.2 Å². The number of pyridine rings is 1. The van der Waals surface area contributed by atoms with Gasteiger partial charge in [-0.1, -0.05) is 30.3 Å². The molecule has 2 amide bonds. The number of amides is 2. The topological polar surface area (TPSA) is 106 Å². The second-order valence-electron chi connectivity index (χ2n) is 7.97. The minimum absolute atomic E-state index is 0.256. The maximum atomic E-state index is 13.1.